The maximum Gasteiger partial charge on any atom is 0.415 e. The Morgan fingerprint density at radius 2 is 2.29 bits per heavy atom. The van der Waals surface area contributed by atoms with Gasteiger partial charge in [0.05, 0.1) is 12.2 Å². The summed E-state index contributed by atoms with van der Waals surface area (Å²) in [5.41, 5.74) is -0.147. The number of halogens is 1. The molecule has 0 aliphatic carbocycles. The van der Waals surface area contributed by atoms with Crippen LogP contribution in [0.4, 0.5) is 10.6 Å². The molecule has 6 heteroatoms. The number of amides is 1. The second kappa shape index (κ2) is 8.81. The lowest BCUT2D eigenvalue weighted by molar-refractivity contribution is -0.0708. The van der Waals surface area contributed by atoms with E-state index in [0.29, 0.717) is 29.5 Å². The SMILES string of the molecule is CCCCOC(=O)N(CC1CCOC(C)(C)C1)c1cccc(Br)n1. The molecular formula is C18H27BrN2O3. The zero-order valence-electron chi connectivity index (χ0n) is 14.8. The average molecular weight is 399 g/mol. The van der Waals surface area contributed by atoms with Crippen LogP contribution < -0.4 is 4.90 Å². The van der Waals surface area contributed by atoms with Gasteiger partial charge in [-0.25, -0.2) is 9.78 Å². The summed E-state index contributed by atoms with van der Waals surface area (Å²) >= 11 is 3.38. The van der Waals surface area contributed by atoms with Crippen molar-refractivity contribution >= 4 is 27.8 Å². The average Bonchev–Trinajstić information content (AvgIpc) is 2.52. The minimum Gasteiger partial charge on any atom is -0.449 e. The maximum absolute atomic E-state index is 12.6. The highest BCUT2D eigenvalue weighted by atomic mass is 79.9. The Morgan fingerprint density at radius 1 is 1.50 bits per heavy atom. The molecule has 134 valence electrons. The third-order valence-electron chi connectivity index (χ3n) is 4.16. The minimum absolute atomic E-state index is 0.147. The number of hydrogen-bond acceptors (Lipinski definition) is 4. The number of hydrogen-bond donors (Lipinski definition) is 0. The highest BCUT2D eigenvalue weighted by Crippen LogP contribution is 2.30. The van der Waals surface area contributed by atoms with Crippen molar-refractivity contribution < 1.29 is 14.3 Å². The van der Waals surface area contributed by atoms with E-state index in [1.54, 1.807) is 4.90 Å². The van der Waals surface area contributed by atoms with Crippen molar-refractivity contribution in [2.75, 3.05) is 24.7 Å². The van der Waals surface area contributed by atoms with E-state index in [-0.39, 0.29) is 11.7 Å². The highest BCUT2D eigenvalue weighted by Gasteiger charge is 2.32. The minimum atomic E-state index is -0.321. The van der Waals surface area contributed by atoms with Crippen LogP contribution in [-0.4, -0.2) is 36.4 Å². The summed E-state index contributed by atoms with van der Waals surface area (Å²) in [6, 6.07) is 5.57. The Morgan fingerprint density at radius 3 is 2.96 bits per heavy atom. The molecule has 1 saturated heterocycles. The fourth-order valence-electron chi connectivity index (χ4n) is 2.96. The van der Waals surface area contributed by atoms with E-state index in [1.807, 2.05) is 18.2 Å². The van der Waals surface area contributed by atoms with Crippen molar-refractivity contribution in [1.29, 1.82) is 0 Å². The molecule has 1 aromatic heterocycles. The number of aromatic nitrogens is 1. The molecule has 1 aliphatic rings. The molecule has 1 amide bonds. The highest BCUT2D eigenvalue weighted by molar-refractivity contribution is 9.10. The van der Waals surface area contributed by atoms with E-state index in [2.05, 4.69) is 41.7 Å². The summed E-state index contributed by atoms with van der Waals surface area (Å²) in [5.74, 6) is 0.989. The molecule has 1 unspecified atom stereocenters. The molecule has 0 bridgehead atoms. The van der Waals surface area contributed by atoms with E-state index in [4.69, 9.17) is 9.47 Å². The lowest BCUT2D eigenvalue weighted by Gasteiger charge is -2.37. The van der Waals surface area contributed by atoms with Crippen LogP contribution in [0.5, 0.6) is 0 Å². The number of pyridine rings is 1. The molecule has 0 aromatic carbocycles. The van der Waals surface area contributed by atoms with Crippen LogP contribution in [0.25, 0.3) is 0 Å². The summed E-state index contributed by atoms with van der Waals surface area (Å²) in [6.45, 7) is 8.04. The van der Waals surface area contributed by atoms with Gasteiger partial charge in [-0.15, -0.1) is 0 Å². The van der Waals surface area contributed by atoms with Crippen LogP contribution in [-0.2, 0) is 9.47 Å². The Kier molecular flexibility index (Phi) is 7.04. The van der Waals surface area contributed by atoms with E-state index in [1.165, 1.54) is 0 Å². The summed E-state index contributed by atoms with van der Waals surface area (Å²) in [5, 5.41) is 0. The standard InChI is InChI=1S/C18H27BrN2O3/c1-4-5-10-23-17(22)21(16-8-6-7-15(19)20-16)13-14-9-11-24-18(2,3)12-14/h6-8,14H,4-5,9-13H2,1-3H3. The molecular weight excluding hydrogens is 372 g/mol. The quantitative estimate of drug-likeness (QED) is 0.510. The second-order valence-corrected chi connectivity index (χ2v) is 7.68. The van der Waals surface area contributed by atoms with Crippen molar-refractivity contribution in [3.63, 3.8) is 0 Å². The van der Waals surface area contributed by atoms with E-state index >= 15 is 0 Å². The molecule has 2 heterocycles. The van der Waals surface area contributed by atoms with Gasteiger partial charge in [0.2, 0.25) is 0 Å². The van der Waals surface area contributed by atoms with Crippen LogP contribution in [0.15, 0.2) is 22.8 Å². The van der Waals surface area contributed by atoms with Crippen LogP contribution >= 0.6 is 15.9 Å². The third kappa shape index (κ3) is 5.74. The number of nitrogens with zero attached hydrogens (tertiary/aromatic N) is 2. The first-order valence-corrected chi connectivity index (χ1v) is 9.41. The summed E-state index contributed by atoms with van der Waals surface area (Å²) in [4.78, 5) is 18.7. The number of carbonyl (C=O) groups is 1. The zero-order chi connectivity index (χ0) is 17.6. The fourth-order valence-corrected chi connectivity index (χ4v) is 3.30. The van der Waals surface area contributed by atoms with Gasteiger partial charge in [-0.3, -0.25) is 4.90 Å². The zero-order valence-corrected chi connectivity index (χ0v) is 16.3. The Bertz CT molecular complexity index is 551. The second-order valence-electron chi connectivity index (χ2n) is 6.86. The lowest BCUT2D eigenvalue weighted by Crippen LogP contribution is -2.42. The first-order valence-electron chi connectivity index (χ1n) is 8.62. The molecule has 1 fully saturated rings. The molecule has 2 rings (SSSR count). The fraction of sp³-hybridized carbons (Fsp3) is 0.667. The monoisotopic (exact) mass is 398 g/mol. The molecule has 1 aromatic rings. The molecule has 24 heavy (non-hydrogen) atoms. The van der Waals surface area contributed by atoms with Crippen LogP contribution in [0.3, 0.4) is 0 Å². The molecule has 1 atom stereocenters. The molecule has 0 spiro atoms. The van der Waals surface area contributed by atoms with Gasteiger partial charge in [-0.2, -0.15) is 0 Å². The molecule has 5 nitrogen and oxygen atoms in total. The van der Waals surface area contributed by atoms with Gasteiger partial charge in [-0.1, -0.05) is 19.4 Å². The number of unbranched alkanes of at least 4 members (excludes halogenated alkanes) is 1. The van der Waals surface area contributed by atoms with Gasteiger partial charge in [0.15, 0.2) is 0 Å². The Hall–Kier alpha value is -1.14. The summed E-state index contributed by atoms with van der Waals surface area (Å²) in [7, 11) is 0. The van der Waals surface area contributed by atoms with Gasteiger partial charge in [-0.05, 0) is 67.1 Å². The van der Waals surface area contributed by atoms with E-state index in [9.17, 15) is 4.79 Å². The van der Waals surface area contributed by atoms with Crippen molar-refractivity contribution in [2.45, 2.75) is 52.1 Å². The first-order chi connectivity index (χ1) is 11.4. The lowest BCUT2D eigenvalue weighted by atomic mass is 9.88. The normalized spacial score (nSPS) is 19.8. The van der Waals surface area contributed by atoms with E-state index in [0.717, 1.165) is 32.3 Å². The number of ether oxygens (including phenoxy) is 2. The Balaban J connectivity index is 2.11. The molecule has 0 saturated carbocycles. The number of rotatable bonds is 6. The number of carbonyl (C=O) groups excluding carboxylic acids is 1. The van der Waals surface area contributed by atoms with E-state index < -0.39 is 0 Å². The molecule has 0 N–H and O–H groups in total. The van der Waals surface area contributed by atoms with Crippen LogP contribution in [0.2, 0.25) is 0 Å². The smallest absolute Gasteiger partial charge is 0.415 e. The summed E-state index contributed by atoms with van der Waals surface area (Å²) in [6.07, 6.45) is 3.40. The molecule has 1 aliphatic heterocycles. The maximum atomic E-state index is 12.6. The third-order valence-corrected chi connectivity index (χ3v) is 4.60. The van der Waals surface area contributed by atoms with Gasteiger partial charge in [0.1, 0.15) is 10.4 Å². The van der Waals surface area contributed by atoms with Crippen LogP contribution in [0, 0.1) is 5.92 Å². The van der Waals surface area contributed by atoms with Crippen LogP contribution in [0.1, 0.15) is 46.5 Å². The Labute approximate surface area is 152 Å². The van der Waals surface area contributed by atoms with Gasteiger partial charge in [0.25, 0.3) is 0 Å². The summed E-state index contributed by atoms with van der Waals surface area (Å²) < 4.78 is 11.9. The largest absolute Gasteiger partial charge is 0.449 e. The topological polar surface area (TPSA) is 51.7 Å². The van der Waals surface area contributed by atoms with Crippen molar-refractivity contribution in [3.05, 3.63) is 22.8 Å². The van der Waals surface area contributed by atoms with Crippen molar-refractivity contribution in [1.82, 2.24) is 4.98 Å². The van der Waals surface area contributed by atoms with Crippen molar-refractivity contribution in [2.24, 2.45) is 5.92 Å². The first kappa shape index (κ1) is 19.2. The van der Waals surface area contributed by atoms with Gasteiger partial charge >= 0.3 is 6.09 Å². The predicted molar refractivity (Wildman–Crippen MR) is 98.3 cm³/mol. The van der Waals surface area contributed by atoms with Gasteiger partial charge < -0.3 is 9.47 Å². The number of anilines is 1. The predicted octanol–water partition coefficient (Wildman–Crippen LogP) is 4.79. The molecule has 0 radical (unpaired) electrons. The van der Waals surface area contributed by atoms with Crippen molar-refractivity contribution in [3.8, 4) is 0 Å². The van der Waals surface area contributed by atoms with Gasteiger partial charge in [0, 0.05) is 13.2 Å².